The number of aliphatic hydroxyl groups is 1. The normalized spacial score (nSPS) is 10.6. The zero-order valence-electron chi connectivity index (χ0n) is 22.9. The van der Waals surface area contributed by atoms with Crippen LogP contribution >= 0.6 is 0 Å². The van der Waals surface area contributed by atoms with Crippen LogP contribution in [0.2, 0.25) is 0 Å². The lowest BCUT2D eigenvalue weighted by molar-refractivity contribution is -0.0179. The molecular formula is C29H52O7. The summed E-state index contributed by atoms with van der Waals surface area (Å²) in [6.07, 6.45) is 13.7. The van der Waals surface area contributed by atoms with Crippen molar-refractivity contribution in [2.24, 2.45) is 0 Å². The number of hydrogen-bond donors (Lipinski definition) is 1. The van der Waals surface area contributed by atoms with Gasteiger partial charge in [-0.3, -0.25) is 0 Å². The lowest BCUT2D eigenvalue weighted by Gasteiger charge is -2.08. The Hall–Kier alpha value is -1.16. The summed E-state index contributed by atoms with van der Waals surface area (Å²) in [5.74, 6) is 12.0. The van der Waals surface area contributed by atoms with Crippen molar-refractivity contribution in [1.82, 2.24) is 0 Å². The van der Waals surface area contributed by atoms with Gasteiger partial charge in [-0.2, -0.15) is 0 Å². The van der Waals surface area contributed by atoms with E-state index in [9.17, 15) is 0 Å². The first-order valence-electron chi connectivity index (χ1n) is 13.9. The molecular weight excluding hydrogens is 460 g/mol. The molecule has 0 heterocycles. The zero-order chi connectivity index (χ0) is 26.0. The summed E-state index contributed by atoms with van der Waals surface area (Å²) in [6, 6.07) is 0. The number of unbranched alkanes of at least 4 members (excludes halogenated alkanes) is 9. The molecule has 0 spiro atoms. The van der Waals surface area contributed by atoms with E-state index in [1.807, 2.05) is 0 Å². The molecule has 0 unspecified atom stereocenters. The van der Waals surface area contributed by atoms with E-state index in [0.29, 0.717) is 85.7 Å². The fraction of sp³-hybridized carbons (Fsp3) is 0.862. The summed E-state index contributed by atoms with van der Waals surface area (Å²) in [4.78, 5) is 0. The average molecular weight is 513 g/mol. The SMILES string of the molecule is CCCCCCCCCCCC#CC#CCCOCCOCCOCCOCCOCCOCCO. The molecule has 0 radical (unpaired) electrons. The van der Waals surface area contributed by atoms with Crippen LogP contribution in [0, 0.1) is 23.7 Å². The van der Waals surface area contributed by atoms with Crippen molar-refractivity contribution in [2.45, 2.75) is 77.6 Å². The third-order valence-electron chi connectivity index (χ3n) is 5.11. The monoisotopic (exact) mass is 512 g/mol. The maximum absolute atomic E-state index is 8.56. The van der Waals surface area contributed by atoms with Crippen molar-refractivity contribution < 1.29 is 33.5 Å². The van der Waals surface area contributed by atoms with Gasteiger partial charge in [0.15, 0.2) is 0 Å². The number of hydrogen-bond acceptors (Lipinski definition) is 7. The van der Waals surface area contributed by atoms with Gasteiger partial charge in [0.2, 0.25) is 0 Å². The van der Waals surface area contributed by atoms with E-state index in [1.54, 1.807) is 0 Å². The van der Waals surface area contributed by atoms with Crippen molar-refractivity contribution in [1.29, 1.82) is 0 Å². The van der Waals surface area contributed by atoms with Crippen molar-refractivity contribution in [3.8, 4) is 23.7 Å². The topological polar surface area (TPSA) is 75.6 Å². The van der Waals surface area contributed by atoms with Gasteiger partial charge in [-0.25, -0.2) is 0 Å². The van der Waals surface area contributed by atoms with Crippen LogP contribution in [0.5, 0.6) is 0 Å². The second-order valence-electron chi connectivity index (χ2n) is 8.33. The second-order valence-corrected chi connectivity index (χ2v) is 8.33. The summed E-state index contributed by atoms with van der Waals surface area (Å²) in [5.41, 5.74) is 0. The standard InChI is InChI=1S/C29H52O7/c1-2-3-4-5-6-7-8-9-10-11-12-13-14-15-16-18-31-20-22-33-24-26-35-28-29-36-27-25-34-23-21-32-19-17-30/h30H,2-11,16-29H2,1H3. The Labute approximate surface area is 220 Å². The highest BCUT2D eigenvalue weighted by atomic mass is 16.6. The van der Waals surface area contributed by atoms with E-state index in [-0.39, 0.29) is 6.61 Å². The maximum Gasteiger partial charge on any atom is 0.0701 e. The van der Waals surface area contributed by atoms with Gasteiger partial charge in [-0.15, -0.1) is 0 Å². The fourth-order valence-corrected chi connectivity index (χ4v) is 3.13. The molecule has 0 aromatic rings. The molecule has 36 heavy (non-hydrogen) atoms. The number of ether oxygens (including phenoxy) is 6. The zero-order valence-corrected chi connectivity index (χ0v) is 22.9. The third kappa shape index (κ3) is 32.8. The Morgan fingerprint density at radius 2 is 0.778 bits per heavy atom. The third-order valence-corrected chi connectivity index (χ3v) is 5.11. The van der Waals surface area contributed by atoms with Crippen molar-refractivity contribution in [3.63, 3.8) is 0 Å². The first-order chi connectivity index (χ1) is 17.9. The molecule has 7 heteroatoms. The Kier molecular flexibility index (Phi) is 32.7. The van der Waals surface area contributed by atoms with Gasteiger partial charge >= 0.3 is 0 Å². The molecule has 0 aliphatic carbocycles. The Balaban J connectivity index is 3.17. The minimum atomic E-state index is 0.0352. The summed E-state index contributed by atoms with van der Waals surface area (Å²) < 4.78 is 32.2. The van der Waals surface area contributed by atoms with Gasteiger partial charge in [0.05, 0.1) is 85.9 Å². The van der Waals surface area contributed by atoms with Crippen LogP contribution < -0.4 is 0 Å². The molecule has 0 aliphatic heterocycles. The predicted octanol–water partition coefficient (Wildman–Crippen LogP) is 4.40. The van der Waals surface area contributed by atoms with E-state index in [2.05, 4.69) is 30.6 Å². The van der Waals surface area contributed by atoms with Crippen molar-refractivity contribution in [3.05, 3.63) is 0 Å². The smallest absolute Gasteiger partial charge is 0.0701 e. The summed E-state index contributed by atoms with van der Waals surface area (Å²) >= 11 is 0. The van der Waals surface area contributed by atoms with Gasteiger partial charge in [0.1, 0.15) is 0 Å². The highest BCUT2D eigenvalue weighted by Crippen LogP contribution is 2.10. The summed E-state index contributed by atoms with van der Waals surface area (Å²) in [7, 11) is 0. The quantitative estimate of drug-likeness (QED) is 0.123. The van der Waals surface area contributed by atoms with Crippen molar-refractivity contribution in [2.75, 3.05) is 85.9 Å². The molecule has 0 saturated heterocycles. The number of rotatable bonds is 28. The Morgan fingerprint density at radius 3 is 1.22 bits per heavy atom. The van der Waals surface area contributed by atoms with Crippen LogP contribution in [0.25, 0.3) is 0 Å². The van der Waals surface area contributed by atoms with Crippen LogP contribution in [-0.2, 0) is 28.4 Å². The number of aliphatic hydroxyl groups excluding tert-OH is 1. The predicted molar refractivity (Wildman–Crippen MR) is 144 cm³/mol. The highest BCUT2D eigenvalue weighted by molar-refractivity contribution is 5.25. The average Bonchev–Trinajstić information content (AvgIpc) is 2.89. The largest absolute Gasteiger partial charge is 0.394 e. The van der Waals surface area contributed by atoms with Crippen LogP contribution in [-0.4, -0.2) is 91.0 Å². The fourth-order valence-electron chi connectivity index (χ4n) is 3.13. The summed E-state index contributed by atoms with van der Waals surface area (Å²) in [6.45, 7) is 8.49. The van der Waals surface area contributed by atoms with Crippen LogP contribution in [0.15, 0.2) is 0 Å². The molecule has 0 amide bonds. The Bertz CT molecular complexity index is 533. The van der Waals surface area contributed by atoms with Gasteiger partial charge in [0.25, 0.3) is 0 Å². The van der Waals surface area contributed by atoms with Crippen LogP contribution in [0.3, 0.4) is 0 Å². The first kappa shape index (κ1) is 34.8. The molecule has 0 aromatic heterocycles. The van der Waals surface area contributed by atoms with Gasteiger partial charge in [-0.05, 0) is 18.3 Å². The molecule has 0 rings (SSSR count). The second kappa shape index (κ2) is 33.8. The maximum atomic E-state index is 8.56. The lowest BCUT2D eigenvalue weighted by atomic mass is 10.1. The minimum absolute atomic E-state index is 0.0352. The molecule has 0 fully saturated rings. The van der Waals surface area contributed by atoms with Crippen molar-refractivity contribution >= 4 is 0 Å². The molecule has 210 valence electrons. The first-order valence-corrected chi connectivity index (χ1v) is 13.9. The molecule has 0 atom stereocenters. The van der Waals surface area contributed by atoms with Crippen LogP contribution in [0.1, 0.15) is 77.6 Å². The highest BCUT2D eigenvalue weighted by Gasteiger charge is 1.94. The molecule has 0 saturated carbocycles. The van der Waals surface area contributed by atoms with E-state index in [0.717, 1.165) is 6.42 Å². The van der Waals surface area contributed by atoms with Crippen LogP contribution in [0.4, 0.5) is 0 Å². The van der Waals surface area contributed by atoms with E-state index < -0.39 is 0 Å². The van der Waals surface area contributed by atoms with Gasteiger partial charge < -0.3 is 33.5 Å². The van der Waals surface area contributed by atoms with E-state index in [4.69, 9.17) is 33.5 Å². The molecule has 0 aliphatic rings. The molecule has 7 nitrogen and oxygen atoms in total. The molecule has 1 N–H and O–H groups in total. The minimum Gasteiger partial charge on any atom is -0.394 e. The van der Waals surface area contributed by atoms with E-state index >= 15 is 0 Å². The van der Waals surface area contributed by atoms with Gasteiger partial charge in [-0.1, -0.05) is 70.1 Å². The summed E-state index contributed by atoms with van der Waals surface area (Å²) in [5, 5.41) is 8.56. The Morgan fingerprint density at radius 1 is 0.417 bits per heavy atom. The van der Waals surface area contributed by atoms with E-state index in [1.165, 1.54) is 57.8 Å². The lowest BCUT2D eigenvalue weighted by Crippen LogP contribution is -2.14. The molecule has 0 aromatic carbocycles. The van der Waals surface area contributed by atoms with Gasteiger partial charge in [0, 0.05) is 12.8 Å². The molecule has 0 bridgehead atoms.